The lowest BCUT2D eigenvalue weighted by Crippen LogP contribution is -2.44. The van der Waals surface area contributed by atoms with Crippen molar-refractivity contribution >= 4 is 16.9 Å². The second-order valence-electron chi connectivity index (χ2n) is 9.16. The van der Waals surface area contributed by atoms with E-state index >= 15 is 0 Å². The molecular formula is C26H25F2N5O3. The van der Waals surface area contributed by atoms with Gasteiger partial charge in [-0.25, -0.2) is 18.7 Å². The zero-order valence-electron chi connectivity index (χ0n) is 20.3. The molecule has 0 saturated carbocycles. The zero-order valence-corrected chi connectivity index (χ0v) is 20.3. The Morgan fingerprint density at radius 3 is 2.53 bits per heavy atom. The summed E-state index contributed by atoms with van der Waals surface area (Å²) in [5.41, 5.74) is 1.43. The summed E-state index contributed by atoms with van der Waals surface area (Å²) in [6, 6.07) is 8.21. The number of aromatic nitrogens is 4. The van der Waals surface area contributed by atoms with Gasteiger partial charge < -0.3 is 18.8 Å². The van der Waals surface area contributed by atoms with Gasteiger partial charge in [-0.05, 0) is 43.7 Å². The van der Waals surface area contributed by atoms with E-state index in [1.165, 1.54) is 21.3 Å². The summed E-state index contributed by atoms with van der Waals surface area (Å²) >= 11 is 0. The van der Waals surface area contributed by atoms with Crippen molar-refractivity contribution in [2.45, 2.75) is 26.1 Å². The molecule has 1 saturated heterocycles. The van der Waals surface area contributed by atoms with Crippen LogP contribution in [0.1, 0.15) is 24.3 Å². The molecule has 1 aliphatic rings. The first kappa shape index (κ1) is 23.8. The predicted octanol–water partition coefficient (Wildman–Crippen LogP) is 3.25. The maximum atomic E-state index is 14.9. The summed E-state index contributed by atoms with van der Waals surface area (Å²) in [4.78, 5) is 36.2. The minimum atomic E-state index is -0.780. The van der Waals surface area contributed by atoms with Crippen molar-refractivity contribution in [1.82, 2.24) is 19.1 Å². The summed E-state index contributed by atoms with van der Waals surface area (Å²) < 4.78 is 37.6. The molecule has 4 aromatic rings. The van der Waals surface area contributed by atoms with Crippen molar-refractivity contribution < 1.29 is 13.5 Å². The van der Waals surface area contributed by atoms with Gasteiger partial charge in [0.25, 0.3) is 5.56 Å². The second kappa shape index (κ2) is 8.94. The Hall–Kier alpha value is -3.92. The largest absolute Gasteiger partial charge is 0.367 e. The normalized spacial score (nSPS) is 18.1. The molecule has 36 heavy (non-hydrogen) atoms. The molecule has 1 aromatic carbocycles. The van der Waals surface area contributed by atoms with E-state index in [0.29, 0.717) is 24.2 Å². The van der Waals surface area contributed by atoms with Gasteiger partial charge in [0.05, 0.1) is 18.3 Å². The van der Waals surface area contributed by atoms with Crippen LogP contribution in [0, 0.1) is 18.6 Å². The Balaban J connectivity index is 1.67. The van der Waals surface area contributed by atoms with E-state index in [9.17, 15) is 18.4 Å². The Bertz CT molecular complexity index is 1610. The molecule has 0 aliphatic carbocycles. The summed E-state index contributed by atoms with van der Waals surface area (Å²) in [6.45, 7) is 4.46. The highest BCUT2D eigenvalue weighted by molar-refractivity contribution is 5.93. The molecule has 0 radical (unpaired) electrons. The fourth-order valence-electron chi connectivity index (χ4n) is 4.51. The van der Waals surface area contributed by atoms with E-state index in [-0.39, 0.29) is 46.0 Å². The van der Waals surface area contributed by atoms with Crippen molar-refractivity contribution in [3.05, 3.63) is 86.2 Å². The van der Waals surface area contributed by atoms with E-state index in [2.05, 4.69) is 9.97 Å². The van der Waals surface area contributed by atoms with E-state index in [1.54, 1.807) is 39.3 Å². The van der Waals surface area contributed by atoms with Crippen molar-refractivity contribution in [1.29, 1.82) is 0 Å². The van der Waals surface area contributed by atoms with E-state index < -0.39 is 11.6 Å². The Kier molecular flexibility index (Phi) is 5.91. The molecule has 1 fully saturated rings. The van der Waals surface area contributed by atoms with Gasteiger partial charge in [-0.15, -0.1) is 0 Å². The van der Waals surface area contributed by atoms with Crippen LogP contribution in [0.5, 0.6) is 0 Å². The second-order valence-corrected chi connectivity index (χ2v) is 9.16. The third-order valence-corrected chi connectivity index (χ3v) is 6.53. The summed E-state index contributed by atoms with van der Waals surface area (Å²) in [5, 5.41) is 0.390. The fourth-order valence-corrected chi connectivity index (χ4v) is 4.51. The number of anilines is 1. The molecule has 5 rings (SSSR count). The van der Waals surface area contributed by atoms with E-state index in [1.807, 2.05) is 11.8 Å². The van der Waals surface area contributed by atoms with Crippen molar-refractivity contribution in [3.8, 4) is 11.3 Å². The summed E-state index contributed by atoms with van der Waals surface area (Å²) in [5.74, 6) is -1.24. The van der Waals surface area contributed by atoms with Crippen LogP contribution in [0.2, 0.25) is 0 Å². The summed E-state index contributed by atoms with van der Waals surface area (Å²) in [6.07, 6.45) is 1.13. The average Bonchev–Trinajstić information content (AvgIpc) is 2.84. The van der Waals surface area contributed by atoms with Crippen LogP contribution in [0.4, 0.5) is 14.7 Å². The number of hydrogen-bond donors (Lipinski definition) is 0. The molecule has 4 heterocycles. The molecule has 0 N–H and O–H groups in total. The van der Waals surface area contributed by atoms with Crippen LogP contribution < -0.4 is 16.0 Å². The first-order valence-corrected chi connectivity index (χ1v) is 11.5. The van der Waals surface area contributed by atoms with E-state index in [4.69, 9.17) is 4.74 Å². The lowest BCUT2D eigenvalue weighted by molar-refractivity contribution is -0.0181. The number of benzene rings is 1. The average molecular weight is 494 g/mol. The third kappa shape index (κ3) is 4.17. The van der Waals surface area contributed by atoms with Crippen LogP contribution in [0.25, 0.3) is 22.2 Å². The number of nitrogens with zero attached hydrogens (tertiary/aromatic N) is 5. The number of morpholine rings is 1. The number of fused-ring (bicyclic) bond motifs is 1. The van der Waals surface area contributed by atoms with Gasteiger partial charge in [-0.1, -0.05) is 0 Å². The molecule has 1 unspecified atom stereocenters. The van der Waals surface area contributed by atoms with Crippen LogP contribution in [-0.4, -0.2) is 38.3 Å². The molecule has 0 amide bonds. The summed E-state index contributed by atoms with van der Waals surface area (Å²) in [7, 11) is 3.31. The lowest BCUT2D eigenvalue weighted by Gasteiger charge is -2.37. The number of halogens is 2. The van der Waals surface area contributed by atoms with Gasteiger partial charge >= 0.3 is 0 Å². The van der Waals surface area contributed by atoms with Crippen LogP contribution >= 0.6 is 0 Å². The molecule has 1 aliphatic heterocycles. The van der Waals surface area contributed by atoms with Crippen molar-refractivity contribution in [2.75, 3.05) is 18.0 Å². The number of aryl methyl sites for hydroxylation is 2. The topological polar surface area (TPSA) is 82.2 Å². The lowest BCUT2D eigenvalue weighted by atomic mass is 10.1. The standard InChI is InChI=1S/C26H25F2N5O3/c1-14-9-19-23(18-7-6-17(27)10-20(18)28)29-26(30-24(19)25(35)32(14)4)33-11-15(2)36-21(13-33)16-5-8-22(34)31(3)12-16/h5-10,12,15,21H,11,13H2,1-4H3/t15-,21?/m1/s1. The molecule has 2 atom stereocenters. The number of ether oxygens (including phenoxy) is 1. The van der Waals surface area contributed by atoms with Gasteiger partial charge in [-0.3, -0.25) is 9.59 Å². The van der Waals surface area contributed by atoms with Gasteiger partial charge in [0.2, 0.25) is 11.5 Å². The quantitative estimate of drug-likeness (QED) is 0.436. The highest BCUT2D eigenvalue weighted by Crippen LogP contribution is 2.32. The Morgan fingerprint density at radius 2 is 1.81 bits per heavy atom. The molecular weight excluding hydrogens is 468 g/mol. The van der Waals surface area contributed by atoms with Gasteiger partial charge in [0, 0.05) is 55.6 Å². The SMILES string of the molecule is Cc1cc2c(-c3ccc(F)cc3F)nc(N3CC(c4ccc(=O)n(C)c4)O[C@H](C)C3)nc2c(=O)n1C. The molecule has 0 bridgehead atoms. The van der Waals surface area contributed by atoms with E-state index in [0.717, 1.165) is 17.7 Å². The van der Waals surface area contributed by atoms with Crippen LogP contribution in [0.15, 0.2) is 52.2 Å². The number of pyridine rings is 2. The highest BCUT2D eigenvalue weighted by atomic mass is 19.1. The third-order valence-electron chi connectivity index (χ3n) is 6.53. The first-order chi connectivity index (χ1) is 17.1. The number of hydrogen-bond acceptors (Lipinski definition) is 6. The molecule has 186 valence electrons. The van der Waals surface area contributed by atoms with Gasteiger partial charge in [0.15, 0.2) is 0 Å². The molecule has 3 aromatic heterocycles. The minimum Gasteiger partial charge on any atom is -0.367 e. The Morgan fingerprint density at radius 1 is 1.03 bits per heavy atom. The first-order valence-electron chi connectivity index (χ1n) is 11.5. The van der Waals surface area contributed by atoms with Crippen molar-refractivity contribution in [3.63, 3.8) is 0 Å². The monoisotopic (exact) mass is 493 g/mol. The maximum absolute atomic E-state index is 14.9. The Labute approximate surface area is 205 Å². The van der Waals surface area contributed by atoms with Crippen LogP contribution in [-0.2, 0) is 18.8 Å². The predicted molar refractivity (Wildman–Crippen MR) is 132 cm³/mol. The molecule has 10 heteroatoms. The van der Waals surface area contributed by atoms with Crippen LogP contribution in [0.3, 0.4) is 0 Å². The highest BCUT2D eigenvalue weighted by Gasteiger charge is 2.30. The fraction of sp³-hybridized carbons (Fsp3) is 0.308. The maximum Gasteiger partial charge on any atom is 0.277 e. The zero-order chi connectivity index (χ0) is 25.7. The van der Waals surface area contributed by atoms with Gasteiger partial charge in [-0.2, -0.15) is 0 Å². The minimum absolute atomic E-state index is 0.0774. The van der Waals surface area contributed by atoms with Gasteiger partial charge in [0.1, 0.15) is 23.3 Å². The smallest absolute Gasteiger partial charge is 0.277 e. The van der Waals surface area contributed by atoms with Crippen molar-refractivity contribution in [2.24, 2.45) is 14.1 Å². The number of rotatable bonds is 3. The molecule has 8 nitrogen and oxygen atoms in total. The molecule has 0 spiro atoms.